The maximum atomic E-state index is 6.63. The van der Waals surface area contributed by atoms with Gasteiger partial charge in [0.2, 0.25) is 0 Å². The highest BCUT2D eigenvalue weighted by atomic mass is 16.3. The van der Waals surface area contributed by atoms with E-state index in [1.54, 1.807) is 0 Å². The second-order valence-corrected chi connectivity index (χ2v) is 16.4. The second-order valence-electron chi connectivity index (χ2n) is 16.4. The number of benzene rings is 9. The van der Waals surface area contributed by atoms with Crippen LogP contribution in [0.15, 0.2) is 209 Å². The molecule has 284 valence electrons. The van der Waals surface area contributed by atoms with Gasteiger partial charge in [0.1, 0.15) is 22.3 Å². The minimum Gasteiger partial charge on any atom is -0.456 e. The maximum Gasteiger partial charge on any atom is 0.136 e. The van der Waals surface area contributed by atoms with Crippen LogP contribution in [0.3, 0.4) is 0 Å². The normalized spacial score (nSPS) is 13.0. The van der Waals surface area contributed by atoms with Crippen molar-refractivity contribution in [3.05, 3.63) is 211 Å². The molecular weight excluding hydrogens is 731 g/mol. The largest absolute Gasteiger partial charge is 0.456 e. The lowest BCUT2D eigenvalue weighted by Gasteiger charge is -2.30. The van der Waals surface area contributed by atoms with E-state index in [-0.39, 0.29) is 5.41 Å². The van der Waals surface area contributed by atoms with Crippen molar-refractivity contribution in [2.24, 2.45) is 0 Å². The fraction of sp³-hybridized carbons (Fsp3) is 0.0526. The molecule has 0 aliphatic heterocycles. The molecule has 0 unspecified atom stereocenters. The number of hydrogen-bond donors (Lipinski definition) is 0. The fourth-order valence-corrected chi connectivity index (χ4v) is 9.90. The van der Waals surface area contributed by atoms with Crippen molar-refractivity contribution in [3.8, 4) is 44.5 Å². The summed E-state index contributed by atoms with van der Waals surface area (Å²) < 4.78 is 12.9. The third-order valence-electron chi connectivity index (χ3n) is 12.7. The molecule has 0 bridgehead atoms. The van der Waals surface area contributed by atoms with Crippen LogP contribution in [0.25, 0.3) is 88.4 Å². The summed E-state index contributed by atoms with van der Waals surface area (Å²) in [6, 6.07) is 72.0. The van der Waals surface area contributed by atoms with Crippen molar-refractivity contribution in [2.75, 3.05) is 4.90 Å². The molecule has 2 aromatic heterocycles. The highest BCUT2D eigenvalue weighted by Gasteiger charge is 2.36. The molecule has 0 radical (unpaired) electrons. The van der Waals surface area contributed by atoms with Gasteiger partial charge in [-0.2, -0.15) is 0 Å². The van der Waals surface area contributed by atoms with E-state index in [0.717, 1.165) is 88.8 Å². The van der Waals surface area contributed by atoms with Gasteiger partial charge in [0, 0.05) is 43.9 Å². The number of furan rings is 2. The predicted molar refractivity (Wildman–Crippen MR) is 250 cm³/mol. The van der Waals surface area contributed by atoms with E-state index in [9.17, 15) is 0 Å². The zero-order valence-corrected chi connectivity index (χ0v) is 33.3. The van der Waals surface area contributed by atoms with Gasteiger partial charge >= 0.3 is 0 Å². The van der Waals surface area contributed by atoms with E-state index < -0.39 is 0 Å². The van der Waals surface area contributed by atoms with Gasteiger partial charge in [0.15, 0.2) is 0 Å². The summed E-state index contributed by atoms with van der Waals surface area (Å²) in [6.45, 7) is 4.71. The molecule has 3 heteroatoms. The molecule has 1 aliphatic carbocycles. The number of anilines is 3. The van der Waals surface area contributed by atoms with Crippen LogP contribution >= 0.6 is 0 Å². The van der Waals surface area contributed by atoms with Gasteiger partial charge in [0.05, 0.1) is 5.69 Å². The topological polar surface area (TPSA) is 29.5 Å². The van der Waals surface area contributed by atoms with E-state index >= 15 is 0 Å². The Morgan fingerprint density at radius 3 is 1.68 bits per heavy atom. The highest BCUT2D eigenvalue weighted by Crippen LogP contribution is 2.53. The Morgan fingerprint density at radius 2 is 0.917 bits per heavy atom. The SMILES string of the molecule is CC1(C)c2ccccc2-c2ccc(N(c3ccc(-c4cccc5oc6ccccc6c45)cc3)c3ccc4oc5ccccc5c4c3-c3ccccc3-c3ccccc3)cc21. The van der Waals surface area contributed by atoms with Crippen LogP contribution in [-0.4, -0.2) is 0 Å². The van der Waals surface area contributed by atoms with Crippen molar-refractivity contribution < 1.29 is 8.83 Å². The van der Waals surface area contributed by atoms with Crippen LogP contribution in [0.4, 0.5) is 17.1 Å². The molecule has 0 saturated carbocycles. The Balaban J connectivity index is 1.13. The molecule has 0 saturated heterocycles. The number of nitrogens with zero attached hydrogens (tertiary/aromatic N) is 1. The van der Waals surface area contributed by atoms with Gasteiger partial charge in [-0.3, -0.25) is 0 Å². The molecule has 2 heterocycles. The van der Waals surface area contributed by atoms with Gasteiger partial charge in [-0.25, -0.2) is 0 Å². The summed E-state index contributed by atoms with van der Waals surface area (Å²) >= 11 is 0. The number of fused-ring (bicyclic) bond motifs is 9. The monoisotopic (exact) mass is 769 g/mol. The highest BCUT2D eigenvalue weighted by molar-refractivity contribution is 6.18. The molecule has 3 nitrogen and oxygen atoms in total. The van der Waals surface area contributed by atoms with Crippen LogP contribution < -0.4 is 4.90 Å². The van der Waals surface area contributed by atoms with Crippen LogP contribution in [0.1, 0.15) is 25.0 Å². The summed E-state index contributed by atoms with van der Waals surface area (Å²) in [5.41, 5.74) is 18.7. The third kappa shape index (κ3) is 5.15. The Bertz CT molecular complexity index is 3460. The first kappa shape index (κ1) is 34.4. The molecule has 1 aliphatic rings. The molecule has 0 atom stereocenters. The van der Waals surface area contributed by atoms with Crippen molar-refractivity contribution in [1.82, 2.24) is 0 Å². The Morgan fingerprint density at radius 1 is 0.367 bits per heavy atom. The molecule has 0 fully saturated rings. The summed E-state index contributed by atoms with van der Waals surface area (Å²) in [6.07, 6.45) is 0. The molecule has 60 heavy (non-hydrogen) atoms. The van der Waals surface area contributed by atoms with Gasteiger partial charge in [0.25, 0.3) is 0 Å². The predicted octanol–water partition coefficient (Wildman–Crippen LogP) is 16.3. The summed E-state index contributed by atoms with van der Waals surface area (Å²) in [4.78, 5) is 2.45. The van der Waals surface area contributed by atoms with Crippen molar-refractivity contribution in [2.45, 2.75) is 19.3 Å². The molecule has 0 spiro atoms. The minimum absolute atomic E-state index is 0.170. The zero-order valence-electron chi connectivity index (χ0n) is 33.3. The lowest BCUT2D eigenvalue weighted by molar-refractivity contribution is 0.660. The van der Waals surface area contributed by atoms with Crippen LogP contribution in [0.5, 0.6) is 0 Å². The van der Waals surface area contributed by atoms with Crippen LogP contribution in [-0.2, 0) is 5.41 Å². The Labute approximate surface area is 348 Å². The van der Waals surface area contributed by atoms with E-state index in [2.05, 4.69) is 201 Å². The summed E-state index contributed by atoms with van der Waals surface area (Å²) in [5, 5.41) is 4.45. The van der Waals surface area contributed by atoms with Crippen molar-refractivity contribution in [3.63, 3.8) is 0 Å². The van der Waals surface area contributed by atoms with E-state index in [1.807, 2.05) is 18.2 Å². The van der Waals surface area contributed by atoms with E-state index in [0.29, 0.717) is 0 Å². The van der Waals surface area contributed by atoms with Crippen molar-refractivity contribution >= 4 is 60.9 Å². The van der Waals surface area contributed by atoms with Gasteiger partial charge in [-0.05, 0) is 105 Å². The Kier molecular flexibility index (Phi) is 7.58. The first-order valence-electron chi connectivity index (χ1n) is 20.7. The van der Waals surface area contributed by atoms with Crippen LogP contribution in [0.2, 0.25) is 0 Å². The smallest absolute Gasteiger partial charge is 0.136 e. The van der Waals surface area contributed by atoms with E-state index in [1.165, 1.54) is 27.8 Å². The molecule has 0 N–H and O–H groups in total. The Hall–Kier alpha value is -7.62. The minimum atomic E-state index is -0.170. The van der Waals surface area contributed by atoms with E-state index in [4.69, 9.17) is 8.83 Å². The lowest BCUT2D eigenvalue weighted by atomic mass is 9.82. The zero-order chi connectivity index (χ0) is 40.0. The summed E-state index contributed by atoms with van der Waals surface area (Å²) in [5.74, 6) is 0. The lowest BCUT2D eigenvalue weighted by Crippen LogP contribution is -2.17. The molecule has 11 aromatic rings. The second kappa shape index (κ2) is 13.2. The molecule has 12 rings (SSSR count). The van der Waals surface area contributed by atoms with Gasteiger partial charge in [-0.15, -0.1) is 0 Å². The van der Waals surface area contributed by atoms with Crippen LogP contribution in [0, 0.1) is 0 Å². The maximum absolute atomic E-state index is 6.63. The van der Waals surface area contributed by atoms with Crippen molar-refractivity contribution in [1.29, 1.82) is 0 Å². The fourth-order valence-electron chi connectivity index (χ4n) is 9.90. The third-order valence-corrected chi connectivity index (χ3v) is 12.7. The van der Waals surface area contributed by atoms with Gasteiger partial charge < -0.3 is 13.7 Å². The average Bonchev–Trinajstić information content (AvgIpc) is 3.95. The van der Waals surface area contributed by atoms with Gasteiger partial charge in [-0.1, -0.05) is 159 Å². The molecular formula is C57H39NO2. The quantitative estimate of drug-likeness (QED) is 0.169. The number of hydrogen-bond acceptors (Lipinski definition) is 3. The standard InChI is InChI=1S/C57H39NO2/c1-57(2)47-23-11-8-18-42(47)43-32-31-39(35-48(43)57)58(38-29-27-37(28-30-38)41-22-14-26-52-54(41)45-20-9-12-24-50(45)59-52)49-33-34-53-56(46-21-10-13-25-51(46)60-53)55(49)44-19-7-6-17-40(44)36-15-4-3-5-16-36/h3-35H,1-2H3. The number of para-hydroxylation sites is 2. The first-order chi connectivity index (χ1) is 29.5. The molecule has 0 amide bonds. The number of rotatable bonds is 6. The average molecular weight is 770 g/mol. The summed E-state index contributed by atoms with van der Waals surface area (Å²) in [7, 11) is 0. The molecule has 9 aromatic carbocycles. The first-order valence-corrected chi connectivity index (χ1v) is 20.7.